The van der Waals surface area contributed by atoms with Gasteiger partial charge in [0.05, 0.1) is 6.61 Å². The van der Waals surface area contributed by atoms with Gasteiger partial charge in [0, 0.05) is 7.05 Å². The van der Waals surface area contributed by atoms with Crippen LogP contribution >= 0.6 is 0 Å². The van der Waals surface area contributed by atoms with Crippen molar-refractivity contribution in [2.75, 3.05) is 13.7 Å². The molecule has 0 aliphatic heterocycles. The average Bonchev–Trinajstić information content (AvgIpc) is 2.28. The largest absolute Gasteiger partial charge is 0.394 e. The van der Waals surface area contributed by atoms with E-state index in [1.807, 2.05) is 6.07 Å². The molecule has 0 aliphatic rings. The zero-order chi connectivity index (χ0) is 10.6. The van der Waals surface area contributed by atoms with E-state index in [1.165, 1.54) is 7.05 Å². The van der Waals surface area contributed by atoms with Crippen LogP contribution in [0.15, 0.2) is 30.3 Å². The van der Waals surface area contributed by atoms with E-state index in [9.17, 15) is 4.79 Å². The standard InChI is InChI=1S/C10H14N2O2/c1-12-9(14)10(11,7-13)8-5-3-2-4-6-8/h2-6,13H,7,11H2,1H3,(H,12,14)/t10-/m1/s1. The highest BCUT2D eigenvalue weighted by molar-refractivity contribution is 5.87. The molecule has 0 aliphatic carbocycles. The SMILES string of the molecule is CNC(=O)[C@@](N)(CO)c1ccccc1. The zero-order valence-corrected chi connectivity index (χ0v) is 8.03. The Hall–Kier alpha value is -1.39. The van der Waals surface area contributed by atoms with Gasteiger partial charge in [-0.3, -0.25) is 4.79 Å². The van der Waals surface area contributed by atoms with E-state index >= 15 is 0 Å². The molecule has 0 spiro atoms. The summed E-state index contributed by atoms with van der Waals surface area (Å²) in [6, 6.07) is 8.80. The monoisotopic (exact) mass is 194 g/mol. The Kier molecular flexibility index (Phi) is 3.22. The Labute approximate surface area is 82.7 Å². The van der Waals surface area contributed by atoms with Gasteiger partial charge in [0.15, 0.2) is 0 Å². The smallest absolute Gasteiger partial charge is 0.246 e. The van der Waals surface area contributed by atoms with E-state index in [0.29, 0.717) is 5.56 Å². The van der Waals surface area contributed by atoms with Crippen LogP contribution in [0.3, 0.4) is 0 Å². The highest BCUT2D eigenvalue weighted by Crippen LogP contribution is 2.17. The third-order valence-corrected chi connectivity index (χ3v) is 2.17. The number of carbonyl (C=O) groups excluding carboxylic acids is 1. The van der Waals surface area contributed by atoms with Crippen LogP contribution in [0, 0.1) is 0 Å². The first kappa shape index (κ1) is 10.7. The molecule has 14 heavy (non-hydrogen) atoms. The lowest BCUT2D eigenvalue weighted by Crippen LogP contribution is -2.53. The van der Waals surface area contributed by atoms with Gasteiger partial charge in [0.2, 0.25) is 5.91 Å². The lowest BCUT2D eigenvalue weighted by Gasteiger charge is -2.25. The fourth-order valence-corrected chi connectivity index (χ4v) is 1.25. The van der Waals surface area contributed by atoms with Crippen molar-refractivity contribution in [2.24, 2.45) is 5.73 Å². The van der Waals surface area contributed by atoms with E-state index in [2.05, 4.69) is 5.32 Å². The maximum absolute atomic E-state index is 11.5. The Bertz CT molecular complexity index is 313. The lowest BCUT2D eigenvalue weighted by atomic mass is 9.91. The van der Waals surface area contributed by atoms with Crippen LogP contribution in [0.2, 0.25) is 0 Å². The molecule has 4 heteroatoms. The predicted molar refractivity (Wildman–Crippen MR) is 53.5 cm³/mol. The first-order valence-electron chi connectivity index (χ1n) is 4.32. The van der Waals surface area contributed by atoms with Crippen molar-refractivity contribution in [3.8, 4) is 0 Å². The van der Waals surface area contributed by atoms with Crippen molar-refractivity contribution in [3.05, 3.63) is 35.9 Å². The van der Waals surface area contributed by atoms with Gasteiger partial charge in [-0.05, 0) is 5.56 Å². The van der Waals surface area contributed by atoms with Crippen molar-refractivity contribution in [1.82, 2.24) is 5.32 Å². The Balaban J connectivity index is 3.08. The first-order valence-corrected chi connectivity index (χ1v) is 4.32. The number of carbonyl (C=O) groups is 1. The van der Waals surface area contributed by atoms with Crippen molar-refractivity contribution in [3.63, 3.8) is 0 Å². The van der Waals surface area contributed by atoms with E-state index in [-0.39, 0.29) is 0 Å². The third kappa shape index (κ3) is 1.76. The van der Waals surface area contributed by atoms with E-state index in [0.717, 1.165) is 0 Å². The van der Waals surface area contributed by atoms with Crippen LogP contribution in [0.4, 0.5) is 0 Å². The molecule has 0 bridgehead atoms. The van der Waals surface area contributed by atoms with Crippen LogP contribution < -0.4 is 11.1 Å². The van der Waals surface area contributed by atoms with E-state index in [1.54, 1.807) is 24.3 Å². The Morgan fingerprint density at radius 1 is 1.50 bits per heavy atom. The fraction of sp³-hybridized carbons (Fsp3) is 0.300. The zero-order valence-electron chi connectivity index (χ0n) is 8.03. The normalized spacial score (nSPS) is 14.5. The molecular formula is C10H14N2O2. The summed E-state index contributed by atoms with van der Waals surface area (Å²) in [6.07, 6.45) is 0. The molecule has 0 fully saturated rings. The second-order valence-electron chi connectivity index (χ2n) is 3.07. The van der Waals surface area contributed by atoms with Crippen molar-refractivity contribution in [1.29, 1.82) is 0 Å². The van der Waals surface area contributed by atoms with Gasteiger partial charge in [-0.2, -0.15) is 0 Å². The molecule has 0 heterocycles. The molecule has 0 saturated heterocycles. The number of aliphatic hydroxyl groups excluding tert-OH is 1. The lowest BCUT2D eigenvalue weighted by molar-refractivity contribution is -0.127. The fourth-order valence-electron chi connectivity index (χ4n) is 1.25. The van der Waals surface area contributed by atoms with Crippen LogP contribution in [0.1, 0.15) is 5.56 Å². The molecule has 1 atom stereocenters. The average molecular weight is 194 g/mol. The molecular weight excluding hydrogens is 180 g/mol. The molecule has 0 saturated carbocycles. The quantitative estimate of drug-likeness (QED) is 0.611. The number of aliphatic hydroxyl groups is 1. The second kappa shape index (κ2) is 4.21. The number of nitrogens with one attached hydrogen (secondary N) is 1. The summed E-state index contributed by atoms with van der Waals surface area (Å²) in [5.74, 6) is -0.397. The van der Waals surface area contributed by atoms with Gasteiger partial charge in [0.1, 0.15) is 5.54 Å². The topological polar surface area (TPSA) is 75.4 Å². The number of nitrogens with two attached hydrogens (primary N) is 1. The van der Waals surface area contributed by atoms with Crippen molar-refractivity contribution < 1.29 is 9.90 Å². The van der Waals surface area contributed by atoms with Gasteiger partial charge in [0.25, 0.3) is 0 Å². The molecule has 1 aromatic carbocycles. The number of hydrogen-bond donors (Lipinski definition) is 3. The summed E-state index contributed by atoms with van der Waals surface area (Å²) >= 11 is 0. The molecule has 0 radical (unpaired) electrons. The maximum atomic E-state index is 11.5. The maximum Gasteiger partial charge on any atom is 0.246 e. The summed E-state index contributed by atoms with van der Waals surface area (Å²) in [5, 5.41) is 11.6. The number of benzene rings is 1. The van der Waals surface area contributed by atoms with E-state index in [4.69, 9.17) is 10.8 Å². The number of rotatable bonds is 3. The molecule has 1 rings (SSSR count). The highest BCUT2D eigenvalue weighted by atomic mass is 16.3. The minimum absolute atomic E-state index is 0.397. The highest BCUT2D eigenvalue weighted by Gasteiger charge is 2.34. The molecule has 1 amide bonds. The number of hydrogen-bond acceptors (Lipinski definition) is 3. The molecule has 4 N–H and O–H groups in total. The van der Waals surface area contributed by atoms with Crippen LogP contribution in [0.25, 0.3) is 0 Å². The van der Waals surface area contributed by atoms with Gasteiger partial charge in [-0.25, -0.2) is 0 Å². The predicted octanol–water partition coefficient (Wildman–Crippen LogP) is -0.421. The van der Waals surface area contributed by atoms with Gasteiger partial charge in [-0.1, -0.05) is 30.3 Å². The summed E-state index contributed by atoms with van der Waals surface area (Å²) in [4.78, 5) is 11.5. The molecule has 4 nitrogen and oxygen atoms in total. The van der Waals surface area contributed by atoms with Gasteiger partial charge in [-0.15, -0.1) is 0 Å². The van der Waals surface area contributed by atoms with Crippen LogP contribution in [-0.4, -0.2) is 24.7 Å². The first-order chi connectivity index (χ1) is 6.65. The molecule has 1 aromatic rings. The van der Waals surface area contributed by atoms with Crippen molar-refractivity contribution in [2.45, 2.75) is 5.54 Å². The van der Waals surface area contributed by atoms with Crippen LogP contribution in [-0.2, 0) is 10.3 Å². The van der Waals surface area contributed by atoms with Gasteiger partial charge < -0.3 is 16.2 Å². The Morgan fingerprint density at radius 2 is 2.07 bits per heavy atom. The minimum Gasteiger partial charge on any atom is -0.394 e. The van der Waals surface area contributed by atoms with Crippen LogP contribution in [0.5, 0.6) is 0 Å². The summed E-state index contributed by atoms with van der Waals surface area (Å²) in [7, 11) is 1.49. The number of likely N-dealkylation sites (N-methyl/N-ethyl adjacent to an activating group) is 1. The summed E-state index contributed by atoms with van der Waals surface area (Å²) in [5.41, 5.74) is 5.06. The Morgan fingerprint density at radius 3 is 2.50 bits per heavy atom. The second-order valence-corrected chi connectivity index (χ2v) is 3.07. The van der Waals surface area contributed by atoms with Crippen molar-refractivity contribution >= 4 is 5.91 Å². The summed E-state index contributed by atoms with van der Waals surface area (Å²) < 4.78 is 0. The minimum atomic E-state index is -1.35. The van der Waals surface area contributed by atoms with Gasteiger partial charge >= 0.3 is 0 Å². The number of amides is 1. The van der Waals surface area contributed by atoms with E-state index < -0.39 is 18.1 Å². The summed E-state index contributed by atoms with van der Waals surface area (Å²) in [6.45, 7) is -0.420. The molecule has 0 unspecified atom stereocenters. The molecule has 0 aromatic heterocycles. The third-order valence-electron chi connectivity index (χ3n) is 2.17. The molecule has 76 valence electrons.